The first-order valence-corrected chi connectivity index (χ1v) is 5.82. The predicted molar refractivity (Wildman–Crippen MR) is 70.0 cm³/mol. The van der Waals surface area contributed by atoms with E-state index in [0.29, 0.717) is 17.1 Å². The molecule has 0 bridgehead atoms. The highest BCUT2D eigenvalue weighted by Gasteiger charge is 2.20. The molecule has 3 nitrogen and oxygen atoms in total. The van der Waals surface area contributed by atoms with E-state index in [-0.39, 0.29) is 5.56 Å². The van der Waals surface area contributed by atoms with Gasteiger partial charge in [0.25, 0.3) is 0 Å². The number of aliphatic hydroxyl groups is 1. The first kappa shape index (κ1) is 13.4. The molecule has 0 saturated carbocycles. The molecule has 0 amide bonds. The van der Waals surface area contributed by atoms with Crippen LogP contribution in [0.3, 0.4) is 0 Å². The molecule has 0 saturated heterocycles. The van der Waals surface area contributed by atoms with Gasteiger partial charge >= 0.3 is 0 Å². The lowest BCUT2D eigenvalue weighted by Gasteiger charge is -2.17. The maximum absolute atomic E-state index is 13.7. The van der Waals surface area contributed by atoms with E-state index in [0.717, 1.165) is 0 Å². The van der Waals surface area contributed by atoms with Gasteiger partial charge in [0, 0.05) is 11.1 Å². The first-order valence-electron chi connectivity index (χ1n) is 5.82. The standard InChI is InChI=1S/C15H15FO3/c1-18-13-9-5-7-11(15(13)19-2)14(17)10-6-3-4-8-12(10)16/h3-9,14,17H,1-2H3. The molecule has 0 radical (unpaired) electrons. The summed E-state index contributed by atoms with van der Waals surface area (Å²) < 4.78 is 24.1. The fourth-order valence-corrected chi connectivity index (χ4v) is 1.99. The Labute approximate surface area is 111 Å². The van der Waals surface area contributed by atoms with E-state index in [9.17, 15) is 9.50 Å². The second kappa shape index (κ2) is 5.71. The Kier molecular flexibility index (Phi) is 4.02. The molecule has 0 aliphatic carbocycles. The van der Waals surface area contributed by atoms with Crippen molar-refractivity contribution in [3.63, 3.8) is 0 Å². The molecule has 100 valence electrons. The van der Waals surface area contributed by atoms with Crippen LogP contribution < -0.4 is 9.47 Å². The van der Waals surface area contributed by atoms with Crippen molar-refractivity contribution in [2.75, 3.05) is 14.2 Å². The number of hydrogen-bond donors (Lipinski definition) is 1. The van der Waals surface area contributed by atoms with Gasteiger partial charge in [0.15, 0.2) is 11.5 Å². The van der Waals surface area contributed by atoms with Crippen molar-refractivity contribution in [1.82, 2.24) is 0 Å². The molecule has 0 fully saturated rings. The summed E-state index contributed by atoms with van der Waals surface area (Å²) in [5.41, 5.74) is 0.668. The number of para-hydroxylation sites is 1. The lowest BCUT2D eigenvalue weighted by Crippen LogP contribution is -2.05. The summed E-state index contributed by atoms with van der Waals surface area (Å²) in [7, 11) is 2.99. The van der Waals surface area contributed by atoms with E-state index in [1.165, 1.54) is 20.3 Å². The second-order valence-electron chi connectivity index (χ2n) is 4.01. The number of rotatable bonds is 4. The summed E-state index contributed by atoms with van der Waals surface area (Å²) in [5.74, 6) is 0.441. The van der Waals surface area contributed by atoms with E-state index in [4.69, 9.17) is 9.47 Å². The van der Waals surface area contributed by atoms with Crippen LogP contribution in [0.5, 0.6) is 11.5 Å². The summed E-state index contributed by atoms with van der Waals surface area (Å²) in [6.07, 6.45) is -1.11. The predicted octanol–water partition coefficient (Wildman–Crippen LogP) is 2.92. The fourth-order valence-electron chi connectivity index (χ4n) is 1.99. The minimum Gasteiger partial charge on any atom is -0.493 e. The van der Waals surface area contributed by atoms with Gasteiger partial charge in [-0.15, -0.1) is 0 Å². The van der Waals surface area contributed by atoms with Crippen LogP contribution in [0, 0.1) is 5.82 Å². The van der Waals surface area contributed by atoms with Crippen molar-refractivity contribution in [3.05, 3.63) is 59.4 Å². The maximum Gasteiger partial charge on any atom is 0.166 e. The van der Waals surface area contributed by atoms with Crippen LogP contribution in [0.2, 0.25) is 0 Å². The zero-order valence-corrected chi connectivity index (χ0v) is 10.8. The highest BCUT2D eigenvalue weighted by molar-refractivity contribution is 5.50. The van der Waals surface area contributed by atoms with Gasteiger partial charge in [0.05, 0.1) is 14.2 Å². The molecular formula is C15H15FO3. The Bertz CT molecular complexity index is 569. The molecule has 2 aromatic carbocycles. The van der Waals surface area contributed by atoms with E-state index < -0.39 is 11.9 Å². The third-order valence-corrected chi connectivity index (χ3v) is 2.93. The lowest BCUT2D eigenvalue weighted by molar-refractivity contribution is 0.208. The summed E-state index contributed by atoms with van der Waals surface area (Å²) in [6.45, 7) is 0. The molecule has 0 aliphatic heterocycles. The summed E-state index contributed by atoms with van der Waals surface area (Å²) >= 11 is 0. The van der Waals surface area contributed by atoms with Gasteiger partial charge < -0.3 is 14.6 Å². The molecule has 0 aliphatic rings. The van der Waals surface area contributed by atoms with Crippen LogP contribution in [0.15, 0.2) is 42.5 Å². The third-order valence-electron chi connectivity index (χ3n) is 2.93. The summed E-state index contributed by atoms with van der Waals surface area (Å²) in [4.78, 5) is 0. The molecule has 1 atom stereocenters. The first-order chi connectivity index (χ1) is 9.19. The summed E-state index contributed by atoms with van der Waals surface area (Å²) in [6, 6.07) is 11.2. The highest BCUT2D eigenvalue weighted by Crippen LogP contribution is 2.37. The van der Waals surface area contributed by atoms with Gasteiger partial charge in [0.2, 0.25) is 0 Å². The van der Waals surface area contributed by atoms with E-state index in [1.807, 2.05) is 0 Å². The van der Waals surface area contributed by atoms with Crippen LogP contribution >= 0.6 is 0 Å². The zero-order valence-electron chi connectivity index (χ0n) is 10.8. The minimum absolute atomic E-state index is 0.203. The monoisotopic (exact) mass is 262 g/mol. The number of ether oxygens (including phenoxy) is 2. The topological polar surface area (TPSA) is 38.7 Å². The van der Waals surface area contributed by atoms with Crippen molar-refractivity contribution >= 4 is 0 Å². The Morgan fingerprint density at radius 1 is 0.947 bits per heavy atom. The maximum atomic E-state index is 13.7. The Morgan fingerprint density at radius 3 is 2.26 bits per heavy atom. The Hall–Kier alpha value is -2.07. The van der Waals surface area contributed by atoms with Crippen molar-refractivity contribution in [2.24, 2.45) is 0 Å². The molecule has 2 aromatic rings. The average molecular weight is 262 g/mol. The molecule has 0 spiro atoms. The van der Waals surface area contributed by atoms with E-state index >= 15 is 0 Å². The Morgan fingerprint density at radius 2 is 1.63 bits per heavy atom. The number of halogens is 1. The van der Waals surface area contributed by atoms with Crippen LogP contribution in [0.25, 0.3) is 0 Å². The second-order valence-corrected chi connectivity index (χ2v) is 4.01. The molecule has 1 unspecified atom stereocenters. The zero-order chi connectivity index (χ0) is 13.8. The Balaban J connectivity index is 2.50. The third kappa shape index (κ3) is 2.53. The number of methoxy groups -OCH3 is 2. The van der Waals surface area contributed by atoms with Crippen molar-refractivity contribution in [3.8, 4) is 11.5 Å². The van der Waals surface area contributed by atoms with E-state index in [1.54, 1.807) is 36.4 Å². The minimum atomic E-state index is -1.11. The number of hydrogen-bond acceptors (Lipinski definition) is 3. The smallest absolute Gasteiger partial charge is 0.166 e. The average Bonchev–Trinajstić information content (AvgIpc) is 2.46. The van der Waals surface area contributed by atoms with Gasteiger partial charge in [-0.1, -0.05) is 30.3 Å². The normalized spacial score (nSPS) is 12.0. The van der Waals surface area contributed by atoms with Crippen molar-refractivity contribution < 1.29 is 19.0 Å². The van der Waals surface area contributed by atoms with Crippen molar-refractivity contribution in [2.45, 2.75) is 6.10 Å². The number of aliphatic hydroxyl groups excluding tert-OH is 1. The van der Waals surface area contributed by atoms with Crippen LogP contribution in [0.4, 0.5) is 4.39 Å². The quantitative estimate of drug-likeness (QED) is 0.920. The highest BCUT2D eigenvalue weighted by atomic mass is 19.1. The van der Waals surface area contributed by atoms with Crippen LogP contribution in [-0.4, -0.2) is 19.3 Å². The molecule has 0 aromatic heterocycles. The van der Waals surface area contributed by atoms with Crippen molar-refractivity contribution in [1.29, 1.82) is 0 Å². The van der Waals surface area contributed by atoms with Gasteiger partial charge in [-0.2, -0.15) is 0 Å². The molecule has 0 heterocycles. The molecule has 1 N–H and O–H groups in total. The van der Waals surface area contributed by atoms with Gasteiger partial charge in [0.1, 0.15) is 11.9 Å². The number of benzene rings is 2. The summed E-state index contributed by atoms with van der Waals surface area (Å²) in [5, 5.41) is 10.3. The van der Waals surface area contributed by atoms with Gasteiger partial charge in [-0.05, 0) is 12.1 Å². The molecule has 19 heavy (non-hydrogen) atoms. The molecule has 2 rings (SSSR count). The van der Waals surface area contributed by atoms with Gasteiger partial charge in [-0.25, -0.2) is 4.39 Å². The SMILES string of the molecule is COc1cccc(C(O)c2ccccc2F)c1OC. The largest absolute Gasteiger partial charge is 0.493 e. The van der Waals surface area contributed by atoms with Crippen LogP contribution in [-0.2, 0) is 0 Å². The molecular weight excluding hydrogens is 247 g/mol. The lowest BCUT2D eigenvalue weighted by atomic mass is 10.00. The van der Waals surface area contributed by atoms with Gasteiger partial charge in [-0.3, -0.25) is 0 Å². The van der Waals surface area contributed by atoms with Crippen LogP contribution in [0.1, 0.15) is 17.2 Å². The fraction of sp³-hybridized carbons (Fsp3) is 0.200. The van der Waals surface area contributed by atoms with E-state index in [2.05, 4.69) is 0 Å². The molecule has 4 heteroatoms.